The summed E-state index contributed by atoms with van der Waals surface area (Å²) in [4.78, 5) is 2.63. The van der Waals surface area contributed by atoms with Crippen LogP contribution in [0.5, 0.6) is 0 Å². The normalized spacial score (nSPS) is 29.7. The van der Waals surface area contributed by atoms with E-state index in [9.17, 15) is 0 Å². The highest BCUT2D eigenvalue weighted by Crippen LogP contribution is 2.42. The van der Waals surface area contributed by atoms with Crippen molar-refractivity contribution in [1.82, 2.24) is 5.32 Å². The number of ether oxygens (including phenoxy) is 1. The molecule has 1 aliphatic heterocycles. The zero-order chi connectivity index (χ0) is 14.9. The molecule has 21 heavy (non-hydrogen) atoms. The summed E-state index contributed by atoms with van der Waals surface area (Å²) in [6.07, 6.45) is 3.94. The van der Waals surface area contributed by atoms with E-state index < -0.39 is 0 Å². The van der Waals surface area contributed by atoms with Crippen molar-refractivity contribution in [2.45, 2.75) is 51.3 Å². The monoisotopic (exact) mass is 288 g/mol. The van der Waals surface area contributed by atoms with Crippen LogP contribution in [0.3, 0.4) is 0 Å². The van der Waals surface area contributed by atoms with E-state index in [4.69, 9.17) is 4.74 Å². The molecule has 0 aromatic heterocycles. The number of hydrogen-bond acceptors (Lipinski definition) is 3. The van der Waals surface area contributed by atoms with Gasteiger partial charge in [-0.3, -0.25) is 0 Å². The minimum atomic E-state index is 0.270. The number of anilines is 1. The third-order valence-electron chi connectivity index (χ3n) is 5.23. The average Bonchev–Trinajstić information content (AvgIpc) is 3.33. The number of nitrogens with zero attached hydrogens (tertiary/aromatic N) is 1. The summed E-state index contributed by atoms with van der Waals surface area (Å²) in [6, 6.07) is 9.30. The minimum absolute atomic E-state index is 0.270. The van der Waals surface area contributed by atoms with Gasteiger partial charge in [-0.2, -0.15) is 0 Å². The third kappa shape index (κ3) is 2.95. The number of rotatable bonds is 5. The Morgan fingerprint density at radius 2 is 2.10 bits per heavy atom. The van der Waals surface area contributed by atoms with Crippen LogP contribution in [-0.2, 0) is 11.3 Å². The Morgan fingerprint density at radius 3 is 2.76 bits per heavy atom. The lowest BCUT2D eigenvalue weighted by molar-refractivity contribution is 0.184. The maximum atomic E-state index is 5.40. The van der Waals surface area contributed by atoms with Gasteiger partial charge in [0.15, 0.2) is 0 Å². The van der Waals surface area contributed by atoms with E-state index >= 15 is 0 Å². The second-order valence-corrected chi connectivity index (χ2v) is 6.82. The summed E-state index contributed by atoms with van der Waals surface area (Å²) in [5, 5.41) is 3.84. The zero-order valence-corrected chi connectivity index (χ0v) is 13.6. The highest BCUT2D eigenvalue weighted by atomic mass is 16.5. The Labute approximate surface area is 128 Å². The molecule has 2 atom stereocenters. The lowest BCUT2D eigenvalue weighted by Crippen LogP contribution is -2.64. The fraction of sp³-hybridized carbons (Fsp3) is 0.667. The summed E-state index contributed by atoms with van der Waals surface area (Å²) in [6.45, 7) is 7.58. The quantitative estimate of drug-likeness (QED) is 0.900. The number of hydrogen-bond donors (Lipinski definition) is 1. The van der Waals surface area contributed by atoms with Gasteiger partial charge in [-0.15, -0.1) is 0 Å². The fourth-order valence-corrected chi connectivity index (χ4v) is 3.71. The van der Waals surface area contributed by atoms with E-state index in [1.807, 2.05) is 0 Å². The van der Waals surface area contributed by atoms with Gasteiger partial charge < -0.3 is 15.0 Å². The van der Waals surface area contributed by atoms with Crippen LogP contribution in [0.25, 0.3) is 0 Å². The Morgan fingerprint density at radius 1 is 1.33 bits per heavy atom. The van der Waals surface area contributed by atoms with E-state index in [0.29, 0.717) is 12.6 Å². The van der Waals surface area contributed by atoms with Gasteiger partial charge in [0.25, 0.3) is 0 Å². The molecule has 1 saturated carbocycles. The summed E-state index contributed by atoms with van der Waals surface area (Å²) in [5.41, 5.74) is 2.93. The maximum Gasteiger partial charge on any atom is 0.0733 e. The summed E-state index contributed by atoms with van der Waals surface area (Å²) in [5.74, 6) is 0.854. The minimum Gasteiger partial charge on any atom is -0.380 e. The molecule has 1 N–H and O–H groups in total. The first-order valence-electron chi connectivity index (χ1n) is 8.26. The van der Waals surface area contributed by atoms with Crippen molar-refractivity contribution in [3.8, 4) is 0 Å². The molecule has 2 unspecified atom stereocenters. The SMILES string of the molecule is CCC1CNC(C)(C2CC2)CN1c1ccccc1COC. The number of benzene rings is 1. The van der Waals surface area contributed by atoms with Crippen LogP contribution >= 0.6 is 0 Å². The molecule has 1 saturated heterocycles. The summed E-state index contributed by atoms with van der Waals surface area (Å²) < 4.78 is 5.40. The summed E-state index contributed by atoms with van der Waals surface area (Å²) >= 11 is 0. The van der Waals surface area contributed by atoms with E-state index in [-0.39, 0.29) is 5.54 Å². The predicted octanol–water partition coefficient (Wildman–Crippen LogP) is 3.19. The van der Waals surface area contributed by atoms with Gasteiger partial charge in [0.2, 0.25) is 0 Å². The third-order valence-corrected chi connectivity index (χ3v) is 5.23. The molecule has 1 aromatic carbocycles. The van der Waals surface area contributed by atoms with Gasteiger partial charge in [0.1, 0.15) is 0 Å². The van der Waals surface area contributed by atoms with Gasteiger partial charge in [-0.25, -0.2) is 0 Å². The number of para-hydroxylation sites is 1. The molecular formula is C18H28N2O. The van der Waals surface area contributed by atoms with E-state index in [2.05, 4.69) is 48.3 Å². The molecule has 2 aliphatic rings. The van der Waals surface area contributed by atoms with Gasteiger partial charge in [0.05, 0.1) is 6.61 Å². The second kappa shape index (κ2) is 5.98. The molecule has 1 heterocycles. The van der Waals surface area contributed by atoms with Crippen LogP contribution in [-0.4, -0.2) is 31.8 Å². The Kier molecular flexibility index (Phi) is 4.23. The first-order chi connectivity index (χ1) is 10.2. The molecule has 1 aromatic rings. The van der Waals surface area contributed by atoms with Crippen molar-refractivity contribution in [3.05, 3.63) is 29.8 Å². The first-order valence-corrected chi connectivity index (χ1v) is 8.26. The molecule has 0 bridgehead atoms. The average molecular weight is 288 g/mol. The summed E-state index contributed by atoms with van der Waals surface area (Å²) in [7, 11) is 1.78. The zero-order valence-electron chi connectivity index (χ0n) is 13.6. The Hall–Kier alpha value is -1.06. The van der Waals surface area contributed by atoms with Gasteiger partial charge in [-0.1, -0.05) is 25.1 Å². The standard InChI is InChI=1S/C18H28N2O/c1-4-16-11-19-18(2,15-9-10-15)13-20(16)17-8-6-5-7-14(17)12-21-3/h5-8,15-16,19H,4,9-13H2,1-3H3. The number of piperazine rings is 1. The van der Waals surface area contributed by atoms with E-state index in [0.717, 1.165) is 19.0 Å². The van der Waals surface area contributed by atoms with Gasteiger partial charge >= 0.3 is 0 Å². The molecule has 0 radical (unpaired) electrons. The van der Waals surface area contributed by atoms with Crippen molar-refractivity contribution >= 4 is 5.69 Å². The van der Waals surface area contributed by atoms with E-state index in [1.165, 1.54) is 30.5 Å². The molecule has 0 spiro atoms. The topological polar surface area (TPSA) is 24.5 Å². The van der Waals surface area contributed by atoms with Gasteiger partial charge in [0, 0.05) is 43.0 Å². The first kappa shape index (κ1) is 14.9. The molecule has 0 amide bonds. The van der Waals surface area contributed by atoms with Crippen molar-refractivity contribution in [3.63, 3.8) is 0 Å². The lowest BCUT2D eigenvalue weighted by Gasteiger charge is -2.48. The lowest BCUT2D eigenvalue weighted by atomic mass is 9.89. The Balaban J connectivity index is 1.89. The van der Waals surface area contributed by atoms with Crippen LogP contribution in [0, 0.1) is 5.92 Å². The molecule has 3 nitrogen and oxygen atoms in total. The molecular weight excluding hydrogens is 260 g/mol. The number of nitrogens with one attached hydrogen (secondary N) is 1. The highest BCUT2D eigenvalue weighted by Gasteiger charge is 2.46. The largest absolute Gasteiger partial charge is 0.380 e. The maximum absolute atomic E-state index is 5.40. The predicted molar refractivity (Wildman–Crippen MR) is 87.7 cm³/mol. The molecule has 3 rings (SSSR count). The van der Waals surface area contributed by atoms with Crippen LogP contribution in [0.1, 0.15) is 38.7 Å². The van der Waals surface area contributed by atoms with Crippen LogP contribution in [0.4, 0.5) is 5.69 Å². The fourth-order valence-electron chi connectivity index (χ4n) is 3.71. The van der Waals surface area contributed by atoms with Crippen molar-refractivity contribution in [2.75, 3.05) is 25.1 Å². The van der Waals surface area contributed by atoms with Crippen LogP contribution in [0.15, 0.2) is 24.3 Å². The highest BCUT2D eigenvalue weighted by molar-refractivity contribution is 5.55. The van der Waals surface area contributed by atoms with Crippen molar-refractivity contribution in [2.24, 2.45) is 5.92 Å². The van der Waals surface area contributed by atoms with Gasteiger partial charge in [-0.05, 0) is 38.2 Å². The smallest absolute Gasteiger partial charge is 0.0733 e. The Bertz CT molecular complexity index is 486. The second-order valence-electron chi connectivity index (χ2n) is 6.82. The molecule has 1 aliphatic carbocycles. The van der Waals surface area contributed by atoms with Crippen LogP contribution in [0.2, 0.25) is 0 Å². The van der Waals surface area contributed by atoms with Crippen molar-refractivity contribution in [1.29, 1.82) is 0 Å². The van der Waals surface area contributed by atoms with Crippen molar-refractivity contribution < 1.29 is 4.74 Å². The number of methoxy groups -OCH3 is 1. The molecule has 116 valence electrons. The molecule has 3 heteroatoms. The van der Waals surface area contributed by atoms with E-state index in [1.54, 1.807) is 7.11 Å². The van der Waals surface area contributed by atoms with Crippen LogP contribution < -0.4 is 10.2 Å². The molecule has 2 fully saturated rings.